The second-order valence-corrected chi connectivity index (χ2v) is 11.1. The lowest BCUT2D eigenvalue weighted by Crippen LogP contribution is -1.99. The van der Waals surface area contributed by atoms with E-state index in [4.69, 9.17) is 9.97 Å². The van der Waals surface area contributed by atoms with Gasteiger partial charge in [-0.1, -0.05) is 97.1 Å². The van der Waals surface area contributed by atoms with Crippen molar-refractivity contribution in [2.75, 3.05) is 0 Å². The molecule has 4 heterocycles. The van der Waals surface area contributed by atoms with E-state index in [1.807, 2.05) is 12.1 Å². The molecule has 206 valence electrons. The normalized spacial score (nSPS) is 11.6. The third kappa shape index (κ3) is 3.78. The third-order valence-corrected chi connectivity index (χ3v) is 8.54. The zero-order chi connectivity index (χ0) is 29.0. The van der Waals surface area contributed by atoms with Crippen LogP contribution in [0.25, 0.3) is 77.8 Å². The van der Waals surface area contributed by atoms with Gasteiger partial charge in [-0.15, -0.1) is 0 Å². The number of benzene rings is 5. The van der Waals surface area contributed by atoms with Gasteiger partial charge in [0.2, 0.25) is 0 Å². The van der Waals surface area contributed by atoms with Gasteiger partial charge in [-0.25, -0.2) is 9.97 Å². The Morgan fingerprint density at radius 1 is 0.341 bits per heavy atom. The van der Waals surface area contributed by atoms with Gasteiger partial charge in [-0.05, 0) is 60.7 Å². The fourth-order valence-corrected chi connectivity index (χ4v) is 6.60. The Labute approximate surface area is 254 Å². The van der Waals surface area contributed by atoms with Crippen molar-refractivity contribution >= 4 is 43.6 Å². The molecule has 0 N–H and O–H groups in total. The van der Waals surface area contributed by atoms with E-state index < -0.39 is 0 Å². The van der Waals surface area contributed by atoms with Crippen LogP contribution in [0.1, 0.15) is 0 Å². The van der Waals surface area contributed by atoms with Gasteiger partial charge in [-0.3, -0.25) is 4.57 Å². The summed E-state index contributed by atoms with van der Waals surface area (Å²) >= 11 is 0. The Balaban J connectivity index is 1.15. The highest BCUT2D eigenvalue weighted by molar-refractivity contribution is 6.10. The maximum Gasteiger partial charge on any atom is 0.138 e. The van der Waals surface area contributed by atoms with E-state index in [0.29, 0.717) is 0 Å². The van der Waals surface area contributed by atoms with Gasteiger partial charge in [0.25, 0.3) is 0 Å². The fraction of sp³-hybridized carbons (Fsp3) is 0. The van der Waals surface area contributed by atoms with E-state index in [1.54, 1.807) is 0 Å². The molecule has 5 aromatic carbocycles. The van der Waals surface area contributed by atoms with Crippen LogP contribution in [0.2, 0.25) is 0 Å². The fourth-order valence-electron chi connectivity index (χ4n) is 6.60. The van der Waals surface area contributed by atoms with Crippen molar-refractivity contribution in [3.8, 4) is 34.2 Å². The molecule has 0 amide bonds. The maximum atomic E-state index is 5.14. The van der Waals surface area contributed by atoms with Crippen molar-refractivity contribution in [1.82, 2.24) is 19.1 Å². The molecule has 9 aromatic rings. The Bertz CT molecular complexity index is 2240. The van der Waals surface area contributed by atoms with Crippen molar-refractivity contribution < 1.29 is 0 Å². The highest BCUT2D eigenvalue weighted by atomic mass is 15.1. The Kier molecular flexibility index (Phi) is 5.47. The number of hydrogen-bond acceptors (Lipinski definition) is 2. The standard InChI is InChI=1S/C40H26N4/c1-5-21-36-29(14-1)30-15-2-6-22-37(30)43(36)28-13-9-12-27(26-28)33-18-10-19-34(41-33)35-20-11-25-40(42-35)44-38-23-7-3-16-31(38)32-17-4-8-24-39(32)44/h1-26H. The minimum absolute atomic E-state index is 0.838. The molecular formula is C40H26N4. The van der Waals surface area contributed by atoms with Gasteiger partial charge >= 0.3 is 0 Å². The van der Waals surface area contributed by atoms with E-state index in [1.165, 1.54) is 32.6 Å². The first kappa shape index (κ1) is 24.6. The van der Waals surface area contributed by atoms with E-state index in [9.17, 15) is 0 Å². The maximum absolute atomic E-state index is 5.14. The minimum Gasteiger partial charge on any atom is -0.309 e. The molecule has 0 unspecified atom stereocenters. The van der Waals surface area contributed by atoms with Crippen molar-refractivity contribution in [3.05, 3.63) is 158 Å². The van der Waals surface area contributed by atoms with E-state index in [2.05, 4.69) is 155 Å². The molecule has 0 fully saturated rings. The molecule has 4 aromatic heterocycles. The van der Waals surface area contributed by atoms with Gasteiger partial charge < -0.3 is 4.57 Å². The summed E-state index contributed by atoms with van der Waals surface area (Å²) in [6.07, 6.45) is 0. The average Bonchev–Trinajstić information content (AvgIpc) is 3.62. The zero-order valence-electron chi connectivity index (χ0n) is 23.8. The topological polar surface area (TPSA) is 35.6 Å². The third-order valence-electron chi connectivity index (χ3n) is 8.54. The Morgan fingerprint density at radius 2 is 0.795 bits per heavy atom. The predicted octanol–water partition coefficient (Wildman–Crippen LogP) is 10.0. The number of nitrogens with zero attached hydrogens (tertiary/aromatic N) is 4. The molecule has 0 saturated carbocycles. The van der Waals surface area contributed by atoms with Crippen LogP contribution in [0.3, 0.4) is 0 Å². The van der Waals surface area contributed by atoms with Gasteiger partial charge in [0.15, 0.2) is 0 Å². The van der Waals surface area contributed by atoms with Gasteiger partial charge in [0.1, 0.15) is 5.82 Å². The number of fused-ring (bicyclic) bond motifs is 6. The highest BCUT2D eigenvalue weighted by Crippen LogP contribution is 2.34. The summed E-state index contributed by atoms with van der Waals surface area (Å²) in [4.78, 5) is 10.3. The van der Waals surface area contributed by atoms with E-state index in [0.717, 1.165) is 45.2 Å². The minimum atomic E-state index is 0.838. The second kappa shape index (κ2) is 9.79. The number of pyridine rings is 2. The Morgan fingerprint density at radius 3 is 1.39 bits per heavy atom. The predicted molar refractivity (Wildman–Crippen MR) is 182 cm³/mol. The summed E-state index contributed by atoms with van der Waals surface area (Å²) in [5.41, 5.74) is 9.43. The molecule has 9 rings (SSSR count). The summed E-state index contributed by atoms with van der Waals surface area (Å²) in [7, 11) is 0. The second-order valence-electron chi connectivity index (χ2n) is 11.1. The molecule has 0 spiro atoms. The summed E-state index contributed by atoms with van der Waals surface area (Å²) in [5.74, 6) is 0.875. The Hall–Kier alpha value is -6.00. The number of hydrogen-bond donors (Lipinski definition) is 0. The number of aromatic nitrogens is 4. The molecule has 4 nitrogen and oxygen atoms in total. The van der Waals surface area contributed by atoms with Crippen molar-refractivity contribution in [1.29, 1.82) is 0 Å². The first-order valence-electron chi connectivity index (χ1n) is 14.9. The first-order chi connectivity index (χ1) is 21.8. The van der Waals surface area contributed by atoms with Gasteiger partial charge in [-0.2, -0.15) is 0 Å². The van der Waals surface area contributed by atoms with Crippen LogP contribution < -0.4 is 0 Å². The molecule has 0 aliphatic rings. The van der Waals surface area contributed by atoms with Crippen LogP contribution >= 0.6 is 0 Å². The molecule has 44 heavy (non-hydrogen) atoms. The molecule has 0 atom stereocenters. The van der Waals surface area contributed by atoms with Crippen molar-refractivity contribution in [2.45, 2.75) is 0 Å². The van der Waals surface area contributed by atoms with Crippen LogP contribution in [0, 0.1) is 0 Å². The van der Waals surface area contributed by atoms with Gasteiger partial charge in [0.05, 0.1) is 39.1 Å². The molecule has 0 bridgehead atoms. The van der Waals surface area contributed by atoms with Crippen molar-refractivity contribution in [3.63, 3.8) is 0 Å². The average molecular weight is 563 g/mol. The largest absolute Gasteiger partial charge is 0.309 e. The lowest BCUT2D eigenvalue weighted by Gasteiger charge is -2.11. The number of rotatable bonds is 4. The molecule has 0 radical (unpaired) electrons. The van der Waals surface area contributed by atoms with Crippen LogP contribution in [0.5, 0.6) is 0 Å². The summed E-state index contributed by atoms with van der Waals surface area (Å²) in [6.45, 7) is 0. The molecule has 0 aliphatic carbocycles. The summed E-state index contributed by atoms with van der Waals surface area (Å²) in [6, 6.07) is 55.2. The molecule has 4 heteroatoms. The SMILES string of the molecule is c1cc(-c2cccc(-c3cccc(-n4c5ccccc5c5ccccc54)n3)n2)cc(-n2c3ccccc3c3ccccc32)c1. The summed E-state index contributed by atoms with van der Waals surface area (Å²) in [5, 5.41) is 4.95. The quantitative estimate of drug-likeness (QED) is 0.214. The molecule has 0 saturated heterocycles. The lowest BCUT2D eigenvalue weighted by molar-refractivity contribution is 1.08. The van der Waals surface area contributed by atoms with Crippen LogP contribution in [-0.4, -0.2) is 19.1 Å². The summed E-state index contributed by atoms with van der Waals surface area (Å²) < 4.78 is 4.59. The first-order valence-corrected chi connectivity index (χ1v) is 14.9. The van der Waals surface area contributed by atoms with Crippen LogP contribution in [0.4, 0.5) is 0 Å². The smallest absolute Gasteiger partial charge is 0.138 e. The van der Waals surface area contributed by atoms with Crippen LogP contribution in [0.15, 0.2) is 158 Å². The van der Waals surface area contributed by atoms with Crippen molar-refractivity contribution in [2.24, 2.45) is 0 Å². The zero-order valence-corrected chi connectivity index (χ0v) is 23.8. The van der Waals surface area contributed by atoms with E-state index >= 15 is 0 Å². The van der Waals surface area contributed by atoms with Gasteiger partial charge in [0, 0.05) is 32.8 Å². The number of para-hydroxylation sites is 4. The van der Waals surface area contributed by atoms with Crippen LogP contribution in [-0.2, 0) is 0 Å². The van der Waals surface area contributed by atoms with E-state index in [-0.39, 0.29) is 0 Å². The molecule has 0 aliphatic heterocycles. The lowest BCUT2D eigenvalue weighted by atomic mass is 10.1. The molecular weight excluding hydrogens is 536 g/mol. The monoisotopic (exact) mass is 562 g/mol. The highest BCUT2D eigenvalue weighted by Gasteiger charge is 2.15.